The first-order chi connectivity index (χ1) is 12.2. The van der Waals surface area contributed by atoms with Crippen molar-refractivity contribution in [3.8, 4) is 11.1 Å². The summed E-state index contributed by atoms with van der Waals surface area (Å²) in [6.07, 6.45) is 8.00. The highest BCUT2D eigenvalue weighted by molar-refractivity contribution is 5.90. The molecule has 0 bridgehead atoms. The number of hydrogen-bond donors (Lipinski definition) is 2. The van der Waals surface area contributed by atoms with Crippen LogP contribution >= 0.6 is 0 Å². The van der Waals surface area contributed by atoms with Gasteiger partial charge in [0.25, 0.3) is 0 Å². The second-order valence-electron chi connectivity index (χ2n) is 6.27. The molecule has 0 unspecified atom stereocenters. The van der Waals surface area contributed by atoms with Crippen molar-refractivity contribution in [1.29, 1.82) is 0 Å². The van der Waals surface area contributed by atoms with E-state index in [1.54, 1.807) is 30.6 Å². The number of benzene rings is 2. The van der Waals surface area contributed by atoms with Gasteiger partial charge in [-0.3, -0.25) is 0 Å². The summed E-state index contributed by atoms with van der Waals surface area (Å²) in [6, 6.07) is 11.8. The van der Waals surface area contributed by atoms with Gasteiger partial charge >= 0.3 is 0 Å². The Morgan fingerprint density at radius 2 is 1.80 bits per heavy atom. The summed E-state index contributed by atoms with van der Waals surface area (Å²) in [7, 11) is 0. The molecule has 1 aromatic heterocycles. The Morgan fingerprint density at radius 3 is 2.56 bits per heavy atom. The van der Waals surface area contributed by atoms with Crippen LogP contribution < -0.4 is 11.5 Å². The van der Waals surface area contributed by atoms with Gasteiger partial charge in [0, 0.05) is 16.9 Å². The van der Waals surface area contributed by atoms with Crippen molar-refractivity contribution in [2.75, 3.05) is 11.5 Å². The molecule has 126 valence electrons. The van der Waals surface area contributed by atoms with E-state index in [9.17, 15) is 0 Å². The number of fused-ring (bicyclic) bond motifs is 1. The molecular weight excluding hydrogens is 312 g/mol. The number of aromatic nitrogens is 2. The summed E-state index contributed by atoms with van der Waals surface area (Å²) in [4.78, 5) is 1.38. The molecule has 25 heavy (non-hydrogen) atoms. The smallest absolute Gasteiger partial charge is 0.0916 e. The molecule has 0 aliphatic heterocycles. The van der Waals surface area contributed by atoms with Gasteiger partial charge in [0.1, 0.15) is 0 Å². The first kappa shape index (κ1) is 15.4. The molecule has 1 aliphatic carbocycles. The van der Waals surface area contributed by atoms with Gasteiger partial charge in [-0.1, -0.05) is 18.2 Å². The van der Waals surface area contributed by atoms with Crippen LogP contribution in [0.4, 0.5) is 17.1 Å². The van der Waals surface area contributed by atoms with Gasteiger partial charge in [0.05, 0.1) is 18.1 Å². The molecule has 0 spiro atoms. The van der Waals surface area contributed by atoms with Gasteiger partial charge in [-0.15, -0.1) is 9.91 Å². The summed E-state index contributed by atoms with van der Waals surface area (Å²) in [6.45, 7) is 0. The van der Waals surface area contributed by atoms with Crippen LogP contribution in [-0.2, 0) is 12.8 Å². The molecule has 6 heteroatoms. The maximum absolute atomic E-state index is 6.33. The Morgan fingerprint density at radius 1 is 1.00 bits per heavy atom. The third-order valence-corrected chi connectivity index (χ3v) is 4.59. The maximum atomic E-state index is 6.33. The Labute approximate surface area is 146 Å². The van der Waals surface area contributed by atoms with E-state index in [0.29, 0.717) is 17.1 Å². The van der Waals surface area contributed by atoms with Crippen molar-refractivity contribution >= 4 is 17.1 Å². The van der Waals surface area contributed by atoms with Crippen LogP contribution in [0.1, 0.15) is 24.0 Å². The highest BCUT2D eigenvalue weighted by Crippen LogP contribution is 2.40. The van der Waals surface area contributed by atoms with E-state index >= 15 is 0 Å². The summed E-state index contributed by atoms with van der Waals surface area (Å²) < 4.78 is 0. The van der Waals surface area contributed by atoms with Gasteiger partial charge in [-0.2, -0.15) is 5.10 Å². The molecule has 0 amide bonds. The minimum Gasteiger partial charge on any atom is -0.398 e. The standard InChI is InChI=1S/C19H20N6/c20-17-11-14(23-24-25-10-4-9-22-25)12-18(21)19(17)16-8-3-6-13-5-1-2-7-15(13)16/h3-4,6,8-12H,1-2,5,7,20-21H2. The number of hydrogen-bond acceptors (Lipinski definition) is 5. The zero-order chi connectivity index (χ0) is 17.2. The number of nitrogens with zero attached hydrogens (tertiary/aromatic N) is 4. The summed E-state index contributed by atoms with van der Waals surface area (Å²) in [5.41, 5.74) is 19.3. The predicted octanol–water partition coefficient (Wildman–Crippen LogP) is 4.14. The van der Waals surface area contributed by atoms with Crippen LogP contribution in [0.3, 0.4) is 0 Å². The SMILES string of the molecule is Nc1cc(N=Nn2cccn2)cc(N)c1-c1cccc2c1CCCC2. The first-order valence-electron chi connectivity index (χ1n) is 8.44. The van der Waals surface area contributed by atoms with Gasteiger partial charge in [0.2, 0.25) is 0 Å². The van der Waals surface area contributed by atoms with E-state index in [1.165, 1.54) is 28.8 Å². The molecule has 2 aromatic carbocycles. The van der Waals surface area contributed by atoms with Crippen LogP contribution in [-0.4, -0.2) is 9.89 Å². The second kappa shape index (κ2) is 6.39. The highest BCUT2D eigenvalue weighted by Gasteiger charge is 2.17. The number of nitrogens with two attached hydrogens (primary N) is 2. The monoisotopic (exact) mass is 332 g/mol. The van der Waals surface area contributed by atoms with Gasteiger partial charge in [0.15, 0.2) is 0 Å². The quantitative estimate of drug-likeness (QED) is 0.557. The van der Waals surface area contributed by atoms with Crippen molar-refractivity contribution < 1.29 is 0 Å². The Hall–Kier alpha value is -3.15. The minimum absolute atomic E-state index is 0.610. The van der Waals surface area contributed by atoms with Crippen molar-refractivity contribution in [3.63, 3.8) is 0 Å². The lowest BCUT2D eigenvalue weighted by Gasteiger charge is -2.21. The van der Waals surface area contributed by atoms with Crippen LogP contribution in [0.15, 0.2) is 59.1 Å². The lowest BCUT2D eigenvalue weighted by molar-refractivity contribution is 0.687. The first-order valence-corrected chi connectivity index (χ1v) is 8.44. The lowest BCUT2D eigenvalue weighted by Crippen LogP contribution is -2.06. The number of rotatable bonds is 3. The molecule has 3 aromatic rings. The fourth-order valence-electron chi connectivity index (χ4n) is 3.47. The topological polar surface area (TPSA) is 94.6 Å². The molecule has 4 N–H and O–H groups in total. The third-order valence-electron chi connectivity index (χ3n) is 4.59. The zero-order valence-electron chi connectivity index (χ0n) is 13.9. The van der Waals surface area contributed by atoms with E-state index < -0.39 is 0 Å². The highest BCUT2D eigenvalue weighted by atomic mass is 15.6. The van der Waals surface area contributed by atoms with E-state index in [0.717, 1.165) is 24.0 Å². The minimum atomic E-state index is 0.610. The molecule has 0 fully saturated rings. The van der Waals surface area contributed by atoms with Gasteiger partial charge in [-0.05, 0) is 65.8 Å². The van der Waals surface area contributed by atoms with Crippen molar-refractivity contribution in [1.82, 2.24) is 9.89 Å². The van der Waals surface area contributed by atoms with E-state index in [1.807, 2.05) is 0 Å². The second-order valence-corrected chi connectivity index (χ2v) is 6.27. The van der Waals surface area contributed by atoms with Crippen LogP contribution in [0, 0.1) is 0 Å². The molecule has 0 saturated heterocycles. The summed E-state index contributed by atoms with van der Waals surface area (Å²) >= 11 is 0. The maximum Gasteiger partial charge on any atom is 0.0916 e. The summed E-state index contributed by atoms with van der Waals surface area (Å²) in [5, 5.41) is 12.2. The number of anilines is 2. The van der Waals surface area contributed by atoms with Gasteiger partial charge < -0.3 is 11.5 Å². The largest absolute Gasteiger partial charge is 0.398 e. The Balaban J connectivity index is 1.74. The lowest BCUT2D eigenvalue weighted by atomic mass is 9.85. The molecule has 1 heterocycles. The fourth-order valence-corrected chi connectivity index (χ4v) is 3.47. The van der Waals surface area contributed by atoms with Crippen LogP contribution in [0.25, 0.3) is 11.1 Å². The number of nitrogen functional groups attached to an aromatic ring is 2. The van der Waals surface area contributed by atoms with E-state index in [-0.39, 0.29) is 0 Å². The molecule has 6 nitrogen and oxygen atoms in total. The molecular formula is C19H20N6. The predicted molar refractivity (Wildman–Crippen MR) is 99.5 cm³/mol. The Kier molecular flexibility index (Phi) is 3.93. The Bertz CT molecular complexity index is 904. The average Bonchev–Trinajstić information content (AvgIpc) is 3.13. The zero-order valence-corrected chi connectivity index (χ0v) is 13.9. The molecule has 0 saturated carbocycles. The van der Waals surface area contributed by atoms with Crippen LogP contribution in [0.5, 0.6) is 0 Å². The third kappa shape index (κ3) is 2.98. The summed E-state index contributed by atoms with van der Waals surface area (Å²) in [5.74, 6) is 0. The molecule has 0 atom stereocenters. The van der Waals surface area contributed by atoms with E-state index in [4.69, 9.17) is 11.5 Å². The van der Waals surface area contributed by atoms with Crippen molar-refractivity contribution in [2.45, 2.75) is 25.7 Å². The van der Waals surface area contributed by atoms with Crippen molar-refractivity contribution in [2.24, 2.45) is 10.3 Å². The fraction of sp³-hybridized carbons (Fsp3) is 0.211. The van der Waals surface area contributed by atoms with E-state index in [2.05, 4.69) is 33.6 Å². The molecule has 1 aliphatic rings. The normalized spacial score (nSPS) is 13.9. The van der Waals surface area contributed by atoms with Crippen LogP contribution in [0.2, 0.25) is 0 Å². The van der Waals surface area contributed by atoms with Gasteiger partial charge in [-0.25, -0.2) is 0 Å². The molecule has 4 rings (SSSR count). The van der Waals surface area contributed by atoms with Crippen molar-refractivity contribution in [3.05, 3.63) is 59.9 Å². The molecule has 0 radical (unpaired) electrons. The number of aryl methyl sites for hydroxylation is 1. The average molecular weight is 332 g/mol.